The maximum Gasteiger partial charge on any atom is 0.220 e. The quantitative estimate of drug-likeness (QED) is 0.687. The summed E-state index contributed by atoms with van der Waals surface area (Å²) in [4.78, 5) is -0.961. The molecule has 0 aliphatic heterocycles. The average Bonchev–Trinajstić information content (AvgIpc) is 1.88. The topological polar surface area (TPSA) is 9.23 Å². The Hall–Kier alpha value is 1.41. The summed E-state index contributed by atoms with van der Waals surface area (Å²) >= 11 is 25.7. The van der Waals surface area contributed by atoms with Gasteiger partial charge in [0.1, 0.15) is 0 Å². The number of rotatable bonds is 2. The number of halogens is 5. The van der Waals surface area contributed by atoms with Crippen molar-refractivity contribution in [1.82, 2.24) is 0 Å². The van der Waals surface area contributed by atoms with Gasteiger partial charge in [0, 0.05) is 13.2 Å². The lowest BCUT2D eigenvalue weighted by Gasteiger charge is -2.09. The molecule has 0 bridgehead atoms. The van der Waals surface area contributed by atoms with Crippen LogP contribution < -0.4 is 0 Å². The average molecular weight is 276 g/mol. The van der Waals surface area contributed by atoms with Crippen molar-refractivity contribution in [2.75, 3.05) is 13.2 Å². The monoisotopic (exact) mass is 274 g/mol. The molecule has 0 heterocycles. The SMILES string of the molecule is CCOCC.ClC(Cl)C(Cl)(Cl)Cl. The van der Waals surface area contributed by atoms with Crippen LogP contribution in [-0.4, -0.2) is 21.8 Å². The third kappa shape index (κ3) is 14.0. The molecule has 1 nitrogen and oxygen atoms in total. The van der Waals surface area contributed by atoms with Crippen LogP contribution in [0.4, 0.5) is 0 Å². The molecule has 0 aromatic rings. The first-order valence-electron chi connectivity index (χ1n) is 3.28. The molecule has 0 N–H and O–H groups in total. The van der Waals surface area contributed by atoms with Crippen molar-refractivity contribution in [2.24, 2.45) is 0 Å². The van der Waals surface area contributed by atoms with Crippen LogP contribution in [-0.2, 0) is 4.74 Å². The fraction of sp³-hybridized carbons (Fsp3) is 1.00. The van der Waals surface area contributed by atoms with E-state index in [1.165, 1.54) is 0 Å². The summed E-state index contributed by atoms with van der Waals surface area (Å²) in [6.07, 6.45) is 0. The Morgan fingerprint density at radius 1 is 1.08 bits per heavy atom. The minimum absolute atomic E-state index is 0.844. The van der Waals surface area contributed by atoms with Gasteiger partial charge in [0.25, 0.3) is 0 Å². The Balaban J connectivity index is 0. The van der Waals surface area contributed by atoms with E-state index in [2.05, 4.69) is 0 Å². The van der Waals surface area contributed by atoms with E-state index in [1.807, 2.05) is 13.8 Å². The zero-order valence-electron chi connectivity index (χ0n) is 6.79. The van der Waals surface area contributed by atoms with Gasteiger partial charge in [0.2, 0.25) is 3.79 Å². The molecular weight excluding hydrogens is 265 g/mol. The zero-order chi connectivity index (χ0) is 10.2. The van der Waals surface area contributed by atoms with Gasteiger partial charge in [-0.05, 0) is 13.8 Å². The third-order valence-electron chi connectivity index (χ3n) is 0.656. The van der Waals surface area contributed by atoms with E-state index >= 15 is 0 Å². The van der Waals surface area contributed by atoms with Crippen LogP contribution in [0, 0.1) is 0 Å². The van der Waals surface area contributed by atoms with Crippen LogP contribution in [0.2, 0.25) is 0 Å². The predicted molar refractivity (Wildman–Crippen MR) is 58.0 cm³/mol. The van der Waals surface area contributed by atoms with Crippen molar-refractivity contribution in [1.29, 1.82) is 0 Å². The molecule has 6 heteroatoms. The van der Waals surface area contributed by atoms with Crippen molar-refractivity contribution >= 4 is 58.0 Å². The molecule has 76 valence electrons. The Bertz CT molecular complexity index is 88.4. The van der Waals surface area contributed by atoms with E-state index in [9.17, 15) is 0 Å². The van der Waals surface area contributed by atoms with Gasteiger partial charge in [0.15, 0.2) is 4.84 Å². The molecule has 0 unspecified atom stereocenters. The zero-order valence-corrected chi connectivity index (χ0v) is 10.6. The number of ether oxygens (including phenoxy) is 1. The summed E-state index contributed by atoms with van der Waals surface area (Å²) in [6, 6.07) is 0. The van der Waals surface area contributed by atoms with Crippen molar-refractivity contribution in [3.8, 4) is 0 Å². The molecular formula is C6H11Cl5O. The first-order chi connectivity index (χ1) is 5.36. The lowest BCUT2D eigenvalue weighted by atomic mass is 10.8. The van der Waals surface area contributed by atoms with Crippen LogP contribution >= 0.6 is 58.0 Å². The van der Waals surface area contributed by atoms with Crippen LogP contribution in [0.25, 0.3) is 0 Å². The first kappa shape index (κ1) is 15.9. The third-order valence-corrected chi connectivity index (χ3v) is 2.64. The summed E-state index contributed by atoms with van der Waals surface area (Å²) in [7, 11) is 0. The van der Waals surface area contributed by atoms with Crippen molar-refractivity contribution in [3.63, 3.8) is 0 Å². The Morgan fingerprint density at radius 2 is 1.33 bits per heavy atom. The maximum atomic E-state index is 5.14. The van der Waals surface area contributed by atoms with E-state index in [4.69, 9.17) is 62.7 Å². The molecule has 0 amide bonds. The van der Waals surface area contributed by atoms with E-state index in [0.717, 1.165) is 13.2 Å². The molecule has 0 fully saturated rings. The highest BCUT2D eigenvalue weighted by atomic mass is 35.6. The summed E-state index contributed by atoms with van der Waals surface area (Å²) in [5, 5.41) is 0. The maximum absolute atomic E-state index is 5.14. The molecule has 0 atom stereocenters. The Morgan fingerprint density at radius 3 is 1.33 bits per heavy atom. The molecule has 0 saturated heterocycles. The van der Waals surface area contributed by atoms with Crippen LogP contribution in [0.1, 0.15) is 13.8 Å². The summed E-state index contributed by atoms with van der Waals surface area (Å²) in [5.74, 6) is 0. The van der Waals surface area contributed by atoms with Gasteiger partial charge < -0.3 is 4.74 Å². The van der Waals surface area contributed by atoms with Crippen LogP contribution in [0.3, 0.4) is 0 Å². The summed E-state index contributed by atoms with van der Waals surface area (Å²) in [6.45, 7) is 5.67. The van der Waals surface area contributed by atoms with E-state index in [1.54, 1.807) is 0 Å². The smallest absolute Gasteiger partial charge is 0.220 e. The molecule has 0 aliphatic rings. The number of alkyl halides is 5. The van der Waals surface area contributed by atoms with E-state index in [-0.39, 0.29) is 0 Å². The second-order valence-electron chi connectivity index (χ2n) is 1.62. The summed E-state index contributed by atoms with van der Waals surface area (Å²) < 4.78 is 3.28. The molecule has 0 spiro atoms. The van der Waals surface area contributed by atoms with Gasteiger partial charge in [-0.25, -0.2) is 0 Å². The highest BCUT2D eigenvalue weighted by Gasteiger charge is 2.28. The molecule has 12 heavy (non-hydrogen) atoms. The standard InChI is InChI=1S/C4H10O.C2HCl5/c1-3-5-4-2;3-1(4)2(5,6)7/h3-4H2,1-2H3;1H. The van der Waals surface area contributed by atoms with Gasteiger partial charge in [0.05, 0.1) is 0 Å². The minimum atomic E-state index is -1.55. The van der Waals surface area contributed by atoms with Gasteiger partial charge in [-0.2, -0.15) is 0 Å². The van der Waals surface area contributed by atoms with E-state index < -0.39 is 8.63 Å². The predicted octanol–water partition coefficient (Wildman–Crippen LogP) is 4.20. The number of hydrogen-bond donors (Lipinski definition) is 0. The van der Waals surface area contributed by atoms with Gasteiger partial charge >= 0.3 is 0 Å². The van der Waals surface area contributed by atoms with Gasteiger partial charge in [-0.15, -0.1) is 23.2 Å². The fourth-order valence-corrected chi connectivity index (χ4v) is 0.204. The lowest BCUT2D eigenvalue weighted by molar-refractivity contribution is 0.162. The van der Waals surface area contributed by atoms with Crippen LogP contribution in [0.15, 0.2) is 0 Å². The molecule has 0 aromatic carbocycles. The van der Waals surface area contributed by atoms with Crippen LogP contribution in [0.5, 0.6) is 0 Å². The summed E-state index contributed by atoms with van der Waals surface area (Å²) in [5.41, 5.74) is 0. The molecule has 0 aliphatic carbocycles. The molecule has 0 radical (unpaired) electrons. The van der Waals surface area contributed by atoms with Crippen molar-refractivity contribution in [3.05, 3.63) is 0 Å². The van der Waals surface area contributed by atoms with E-state index in [0.29, 0.717) is 0 Å². The largest absolute Gasteiger partial charge is 0.382 e. The first-order valence-corrected chi connectivity index (χ1v) is 5.29. The Kier molecular flexibility index (Phi) is 11.9. The second-order valence-corrected chi connectivity index (χ2v) is 5.09. The molecule has 0 saturated carbocycles. The Labute approximate surface area is 98.2 Å². The van der Waals surface area contributed by atoms with Crippen molar-refractivity contribution in [2.45, 2.75) is 22.5 Å². The van der Waals surface area contributed by atoms with Gasteiger partial charge in [-0.3, -0.25) is 0 Å². The normalized spacial score (nSPS) is 11.0. The van der Waals surface area contributed by atoms with Crippen molar-refractivity contribution < 1.29 is 4.74 Å². The highest BCUT2D eigenvalue weighted by Crippen LogP contribution is 2.35. The van der Waals surface area contributed by atoms with Gasteiger partial charge in [-0.1, -0.05) is 34.8 Å². The minimum Gasteiger partial charge on any atom is -0.382 e. The fourth-order valence-electron chi connectivity index (χ4n) is 0.204. The lowest BCUT2D eigenvalue weighted by Crippen LogP contribution is -2.11. The highest BCUT2D eigenvalue weighted by molar-refractivity contribution is 6.73. The molecule has 0 aromatic heterocycles. The molecule has 0 rings (SSSR count). The second kappa shape index (κ2) is 8.98. The number of hydrogen-bond acceptors (Lipinski definition) is 1.